The fourth-order valence-corrected chi connectivity index (χ4v) is 2.39. The standard InChI is InChI=1S/C18H14ClFN2O3/c1-2-24-18(23)12-6-16-17(21-8-12)7-13(9-22-16)25-10-11-3-4-15(20)14(19)5-11/h3-9H,2,10H2,1H3. The minimum Gasteiger partial charge on any atom is -0.487 e. The molecule has 0 atom stereocenters. The molecule has 0 bridgehead atoms. The summed E-state index contributed by atoms with van der Waals surface area (Å²) in [6, 6.07) is 7.72. The third kappa shape index (κ3) is 4.03. The quantitative estimate of drug-likeness (QED) is 0.639. The van der Waals surface area contributed by atoms with Gasteiger partial charge in [-0.2, -0.15) is 0 Å². The molecule has 128 valence electrons. The number of ether oxygens (including phenoxy) is 2. The van der Waals surface area contributed by atoms with E-state index in [-0.39, 0.29) is 11.6 Å². The highest BCUT2D eigenvalue weighted by Gasteiger charge is 2.09. The number of benzene rings is 1. The lowest BCUT2D eigenvalue weighted by molar-refractivity contribution is 0.0526. The average molecular weight is 361 g/mol. The van der Waals surface area contributed by atoms with Gasteiger partial charge in [-0.05, 0) is 30.7 Å². The molecule has 0 amide bonds. The molecule has 0 saturated carbocycles. The number of pyridine rings is 2. The van der Waals surface area contributed by atoms with Gasteiger partial charge >= 0.3 is 5.97 Å². The Morgan fingerprint density at radius 1 is 1.16 bits per heavy atom. The van der Waals surface area contributed by atoms with E-state index < -0.39 is 11.8 Å². The van der Waals surface area contributed by atoms with Gasteiger partial charge in [0.15, 0.2) is 0 Å². The van der Waals surface area contributed by atoms with Crippen LogP contribution in [-0.4, -0.2) is 22.5 Å². The first-order valence-electron chi connectivity index (χ1n) is 7.56. The molecule has 0 aliphatic rings. The fourth-order valence-electron chi connectivity index (χ4n) is 2.18. The summed E-state index contributed by atoms with van der Waals surface area (Å²) in [4.78, 5) is 20.2. The van der Waals surface area contributed by atoms with Crippen LogP contribution in [0.2, 0.25) is 5.02 Å². The zero-order valence-corrected chi connectivity index (χ0v) is 14.1. The van der Waals surface area contributed by atoms with Crippen LogP contribution < -0.4 is 4.74 Å². The second-order valence-corrected chi connectivity index (χ2v) is 5.60. The molecule has 0 unspecified atom stereocenters. The van der Waals surface area contributed by atoms with Gasteiger partial charge < -0.3 is 9.47 Å². The molecule has 0 N–H and O–H groups in total. The van der Waals surface area contributed by atoms with Gasteiger partial charge in [-0.15, -0.1) is 0 Å². The Morgan fingerprint density at radius 2 is 1.92 bits per heavy atom. The Balaban J connectivity index is 1.75. The number of hydrogen-bond acceptors (Lipinski definition) is 5. The maximum atomic E-state index is 13.2. The van der Waals surface area contributed by atoms with Gasteiger partial charge in [0, 0.05) is 12.3 Å². The van der Waals surface area contributed by atoms with Gasteiger partial charge in [0.05, 0.1) is 34.4 Å². The van der Waals surface area contributed by atoms with Crippen LogP contribution in [0.25, 0.3) is 11.0 Å². The molecule has 0 spiro atoms. The van der Waals surface area contributed by atoms with Crippen LogP contribution in [0.1, 0.15) is 22.8 Å². The zero-order chi connectivity index (χ0) is 17.8. The number of nitrogens with zero attached hydrogens (tertiary/aromatic N) is 2. The van der Waals surface area contributed by atoms with Crippen molar-refractivity contribution >= 4 is 28.6 Å². The van der Waals surface area contributed by atoms with E-state index in [1.54, 1.807) is 25.1 Å². The molecular formula is C18H14ClFN2O3. The smallest absolute Gasteiger partial charge is 0.339 e. The van der Waals surface area contributed by atoms with E-state index in [1.807, 2.05) is 0 Å². The van der Waals surface area contributed by atoms with Crippen molar-refractivity contribution in [3.05, 3.63) is 64.7 Å². The first kappa shape index (κ1) is 17.1. The minimum atomic E-state index is -0.473. The largest absolute Gasteiger partial charge is 0.487 e. The average Bonchev–Trinajstić information content (AvgIpc) is 2.62. The predicted octanol–water partition coefficient (Wildman–Crippen LogP) is 4.18. The maximum absolute atomic E-state index is 13.2. The van der Waals surface area contributed by atoms with Crippen LogP contribution >= 0.6 is 11.6 Å². The van der Waals surface area contributed by atoms with E-state index in [9.17, 15) is 9.18 Å². The second-order valence-electron chi connectivity index (χ2n) is 5.19. The molecule has 25 heavy (non-hydrogen) atoms. The van der Waals surface area contributed by atoms with E-state index in [1.165, 1.54) is 24.5 Å². The van der Waals surface area contributed by atoms with Crippen molar-refractivity contribution in [2.75, 3.05) is 6.61 Å². The summed E-state index contributed by atoms with van der Waals surface area (Å²) in [7, 11) is 0. The highest BCUT2D eigenvalue weighted by Crippen LogP contribution is 2.20. The van der Waals surface area contributed by atoms with E-state index in [0.717, 1.165) is 5.56 Å². The van der Waals surface area contributed by atoms with Gasteiger partial charge in [0.1, 0.15) is 18.2 Å². The molecular weight excluding hydrogens is 347 g/mol. The summed E-state index contributed by atoms with van der Waals surface area (Å²) in [5.41, 5.74) is 2.22. The van der Waals surface area contributed by atoms with Crippen molar-refractivity contribution in [2.45, 2.75) is 13.5 Å². The number of carbonyl (C=O) groups is 1. The second kappa shape index (κ2) is 7.44. The predicted molar refractivity (Wildman–Crippen MR) is 91.2 cm³/mol. The van der Waals surface area contributed by atoms with Gasteiger partial charge in [-0.25, -0.2) is 9.18 Å². The summed E-state index contributed by atoms with van der Waals surface area (Å²) in [5, 5.41) is 0.0471. The lowest BCUT2D eigenvalue weighted by Crippen LogP contribution is -2.05. The van der Waals surface area contributed by atoms with Crippen molar-refractivity contribution in [3.63, 3.8) is 0 Å². The minimum absolute atomic E-state index is 0.0471. The lowest BCUT2D eigenvalue weighted by Gasteiger charge is -2.08. The molecule has 7 heteroatoms. The summed E-state index contributed by atoms with van der Waals surface area (Å²) < 4.78 is 23.7. The number of hydrogen-bond donors (Lipinski definition) is 0. The number of fused-ring (bicyclic) bond motifs is 1. The highest BCUT2D eigenvalue weighted by atomic mass is 35.5. The van der Waals surface area contributed by atoms with E-state index in [2.05, 4.69) is 9.97 Å². The Kier molecular flexibility index (Phi) is 5.09. The molecule has 2 aromatic heterocycles. The molecule has 3 rings (SSSR count). The molecule has 2 heterocycles. The van der Waals surface area contributed by atoms with Crippen LogP contribution in [-0.2, 0) is 11.3 Å². The Morgan fingerprint density at radius 3 is 2.68 bits per heavy atom. The van der Waals surface area contributed by atoms with Crippen molar-refractivity contribution in [2.24, 2.45) is 0 Å². The SMILES string of the molecule is CCOC(=O)c1cnc2cc(OCc3ccc(F)c(Cl)c3)cnc2c1. The topological polar surface area (TPSA) is 61.3 Å². The number of carbonyl (C=O) groups excluding carboxylic acids is 1. The normalized spacial score (nSPS) is 10.7. The molecule has 3 aromatic rings. The van der Waals surface area contributed by atoms with Gasteiger partial charge in [0.2, 0.25) is 0 Å². The van der Waals surface area contributed by atoms with Crippen molar-refractivity contribution in [1.29, 1.82) is 0 Å². The number of rotatable bonds is 5. The van der Waals surface area contributed by atoms with Crippen LogP contribution in [0.5, 0.6) is 5.75 Å². The molecule has 0 saturated heterocycles. The summed E-state index contributed by atoms with van der Waals surface area (Å²) in [6.45, 7) is 2.25. The number of esters is 1. The van der Waals surface area contributed by atoms with E-state index >= 15 is 0 Å². The number of aromatic nitrogens is 2. The van der Waals surface area contributed by atoms with Gasteiger partial charge in [-0.1, -0.05) is 17.7 Å². The third-order valence-electron chi connectivity index (χ3n) is 3.41. The molecule has 0 radical (unpaired) electrons. The van der Waals surface area contributed by atoms with Crippen LogP contribution in [0.15, 0.2) is 42.7 Å². The van der Waals surface area contributed by atoms with Crippen molar-refractivity contribution in [1.82, 2.24) is 9.97 Å². The maximum Gasteiger partial charge on any atom is 0.339 e. The van der Waals surface area contributed by atoms with Crippen LogP contribution in [0.4, 0.5) is 4.39 Å². The third-order valence-corrected chi connectivity index (χ3v) is 3.70. The van der Waals surface area contributed by atoms with Crippen LogP contribution in [0, 0.1) is 5.82 Å². The molecule has 5 nitrogen and oxygen atoms in total. The van der Waals surface area contributed by atoms with Gasteiger partial charge in [-0.3, -0.25) is 9.97 Å². The highest BCUT2D eigenvalue weighted by molar-refractivity contribution is 6.30. The molecule has 1 aromatic carbocycles. The summed E-state index contributed by atoms with van der Waals surface area (Å²) >= 11 is 5.75. The number of halogens is 2. The lowest BCUT2D eigenvalue weighted by atomic mass is 10.2. The van der Waals surface area contributed by atoms with Crippen molar-refractivity contribution < 1.29 is 18.7 Å². The molecule has 0 fully saturated rings. The molecule has 0 aliphatic carbocycles. The van der Waals surface area contributed by atoms with Gasteiger partial charge in [0.25, 0.3) is 0 Å². The Bertz CT molecular complexity index is 933. The Labute approximate surface area is 148 Å². The monoisotopic (exact) mass is 360 g/mol. The zero-order valence-electron chi connectivity index (χ0n) is 13.3. The summed E-state index contributed by atoms with van der Waals surface area (Å²) in [6.07, 6.45) is 2.97. The Hall–Kier alpha value is -2.73. The molecule has 0 aliphatic heterocycles. The summed E-state index contributed by atoms with van der Waals surface area (Å²) in [5.74, 6) is -0.407. The van der Waals surface area contributed by atoms with E-state index in [4.69, 9.17) is 21.1 Å². The van der Waals surface area contributed by atoms with Crippen molar-refractivity contribution in [3.8, 4) is 5.75 Å². The first-order valence-corrected chi connectivity index (χ1v) is 7.94. The fraction of sp³-hybridized carbons (Fsp3) is 0.167. The van der Waals surface area contributed by atoms with E-state index in [0.29, 0.717) is 29.0 Å². The van der Waals surface area contributed by atoms with Crippen LogP contribution in [0.3, 0.4) is 0 Å². The first-order chi connectivity index (χ1) is 12.1.